The number of nitro benzene ring substituents is 1. The highest BCUT2D eigenvalue weighted by atomic mass is 32.2. The van der Waals surface area contributed by atoms with Crippen LogP contribution in [0.25, 0.3) is 0 Å². The number of carbonyl (C=O) groups excluding carboxylic acids is 2. The maximum absolute atomic E-state index is 12.2. The maximum atomic E-state index is 12.2. The minimum absolute atomic E-state index is 0.0884. The van der Waals surface area contributed by atoms with Gasteiger partial charge in [0.05, 0.1) is 9.82 Å². The molecule has 2 N–H and O–H groups in total. The SMILES string of the molecule is CSc1ccc(C(=O)NNC(=O)c2ccc(C)cc2C)cc1[N+](=O)[O-]. The first-order valence-corrected chi connectivity index (χ1v) is 8.56. The van der Waals surface area contributed by atoms with E-state index < -0.39 is 16.7 Å². The molecule has 2 aromatic carbocycles. The van der Waals surface area contributed by atoms with E-state index in [2.05, 4.69) is 10.9 Å². The summed E-state index contributed by atoms with van der Waals surface area (Å²) in [7, 11) is 0. The Morgan fingerprint density at radius 1 is 1.04 bits per heavy atom. The molecule has 25 heavy (non-hydrogen) atoms. The first-order valence-electron chi connectivity index (χ1n) is 7.34. The summed E-state index contributed by atoms with van der Waals surface area (Å²) in [5.41, 5.74) is 6.78. The number of hydrogen-bond donors (Lipinski definition) is 2. The fraction of sp³-hybridized carbons (Fsp3) is 0.176. The molecule has 0 aliphatic rings. The molecule has 0 aliphatic heterocycles. The van der Waals surface area contributed by atoms with Crippen molar-refractivity contribution in [3.8, 4) is 0 Å². The summed E-state index contributed by atoms with van der Waals surface area (Å²) in [6.07, 6.45) is 1.71. The lowest BCUT2D eigenvalue weighted by molar-refractivity contribution is -0.387. The zero-order valence-corrected chi connectivity index (χ0v) is 14.8. The second-order valence-electron chi connectivity index (χ2n) is 5.37. The van der Waals surface area contributed by atoms with Gasteiger partial charge in [0.15, 0.2) is 0 Å². The highest BCUT2D eigenvalue weighted by Gasteiger charge is 2.17. The predicted octanol–water partition coefficient (Wildman–Crippen LogP) is 3.01. The summed E-state index contributed by atoms with van der Waals surface area (Å²) in [4.78, 5) is 35.3. The van der Waals surface area contributed by atoms with Crippen molar-refractivity contribution < 1.29 is 14.5 Å². The number of nitrogens with zero attached hydrogens (tertiary/aromatic N) is 1. The molecule has 0 unspecified atom stereocenters. The van der Waals surface area contributed by atoms with Crippen LogP contribution in [0.3, 0.4) is 0 Å². The average molecular weight is 359 g/mol. The molecule has 8 heteroatoms. The standard InChI is InChI=1S/C17H17N3O4S/c1-10-4-6-13(11(2)8-10)17(22)19-18-16(21)12-5-7-15(25-3)14(9-12)20(23)24/h4-9H,1-3H3,(H,18,21)(H,19,22). The van der Waals surface area contributed by atoms with Crippen LogP contribution in [0.1, 0.15) is 31.8 Å². The zero-order chi connectivity index (χ0) is 18.6. The summed E-state index contributed by atoms with van der Waals surface area (Å²) < 4.78 is 0. The molecule has 0 aliphatic carbocycles. The van der Waals surface area contributed by atoms with E-state index in [-0.39, 0.29) is 11.3 Å². The second kappa shape index (κ2) is 7.80. The van der Waals surface area contributed by atoms with E-state index in [1.54, 1.807) is 25.3 Å². The first-order chi connectivity index (χ1) is 11.8. The van der Waals surface area contributed by atoms with Gasteiger partial charge >= 0.3 is 0 Å². The molecule has 0 radical (unpaired) electrons. The van der Waals surface area contributed by atoms with E-state index in [0.717, 1.165) is 11.1 Å². The van der Waals surface area contributed by atoms with Crippen molar-refractivity contribution in [1.29, 1.82) is 0 Å². The van der Waals surface area contributed by atoms with Crippen LogP contribution >= 0.6 is 11.8 Å². The largest absolute Gasteiger partial charge is 0.283 e. The van der Waals surface area contributed by atoms with Crippen LogP contribution < -0.4 is 10.9 Å². The zero-order valence-electron chi connectivity index (χ0n) is 14.0. The number of carbonyl (C=O) groups is 2. The summed E-state index contributed by atoms with van der Waals surface area (Å²) >= 11 is 1.22. The molecule has 130 valence electrons. The lowest BCUT2D eigenvalue weighted by Gasteiger charge is -2.10. The minimum atomic E-state index is -0.631. The van der Waals surface area contributed by atoms with Crippen molar-refractivity contribution in [2.75, 3.05) is 6.26 Å². The number of amides is 2. The van der Waals surface area contributed by atoms with Crippen LogP contribution in [0.4, 0.5) is 5.69 Å². The summed E-state index contributed by atoms with van der Waals surface area (Å²) in [5.74, 6) is -1.09. The van der Waals surface area contributed by atoms with Gasteiger partial charge in [-0.2, -0.15) is 0 Å². The Morgan fingerprint density at radius 3 is 2.32 bits per heavy atom. The monoisotopic (exact) mass is 359 g/mol. The number of nitro groups is 1. The van der Waals surface area contributed by atoms with E-state index in [4.69, 9.17) is 0 Å². The van der Waals surface area contributed by atoms with Crippen molar-refractivity contribution in [2.24, 2.45) is 0 Å². The molecule has 0 fully saturated rings. The van der Waals surface area contributed by atoms with E-state index in [0.29, 0.717) is 10.5 Å². The molecule has 0 heterocycles. The molecule has 2 amide bonds. The third-order valence-corrected chi connectivity index (χ3v) is 4.34. The Morgan fingerprint density at radius 2 is 1.72 bits per heavy atom. The molecule has 0 saturated carbocycles. The van der Waals surface area contributed by atoms with E-state index in [9.17, 15) is 19.7 Å². The number of hydrogen-bond acceptors (Lipinski definition) is 5. The molecule has 0 spiro atoms. The van der Waals surface area contributed by atoms with Gasteiger partial charge in [-0.25, -0.2) is 0 Å². The fourth-order valence-corrected chi connectivity index (χ4v) is 2.84. The molecule has 0 saturated heterocycles. The van der Waals surface area contributed by atoms with E-state index >= 15 is 0 Å². The number of benzene rings is 2. The minimum Gasteiger partial charge on any atom is -0.267 e. The molecule has 0 bridgehead atoms. The van der Waals surface area contributed by atoms with Crippen LogP contribution in [0, 0.1) is 24.0 Å². The van der Waals surface area contributed by atoms with Crippen molar-refractivity contribution in [2.45, 2.75) is 18.7 Å². The third-order valence-electron chi connectivity index (χ3n) is 3.55. The second-order valence-corrected chi connectivity index (χ2v) is 6.22. The molecule has 2 aromatic rings. The van der Waals surface area contributed by atoms with Gasteiger partial charge in [0.2, 0.25) is 0 Å². The van der Waals surface area contributed by atoms with Crippen LogP contribution in [0.2, 0.25) is 0 Å². The number of thioether (sulfide) groups is 1. The van der Waals surface area contributed by atoms with E-state index in [1.165, 1.54) is 30.0 Å². The highest BCUT2D eigenvalue weighted by molar-refractivity contribution is 7.98. The van der Waals surface area contributed by atoms with E-state index in [1.807, 2.05) is 13.0 Å². The van der Waals surface area contributed by atoms with Crippen LogP contribution in [-0.2, 0) is 0 Å². The van der Waals surface area contributed by atoms with Gasteiger partial charge in [0, 0.05) is 17.2 Å². The average Bonchev–Trinajstić information content (AvgIpc) is 2.58. The third kappa shape index (κ3) is 4.36. The molecule has 0 aromatic heterocycles. The van der Waals surface area contributed by atoms with Gasteiger partial charge in [-0.05, 0) is 43.9 Å². The Kier molecular flexibility index (Phi) is 5.76. The number of aryl methyl sites for hydroxylation is 2. The quantitative estimate of drug-likeness (QED) is 0.496. The van der Waals surface area contributed by atoms with Crippen molar-refractivity contribution >= 4 is 29.3 Å². The van der Waals surface area contributed by atoms with Gasteiger partial charge in [0.1, 0.15) is 0 Å². The number of hydrazine groups is 1. The molecule has 0 atom stereocenters. The summed E-state index contributed by atoms with van der Waals surface area (Å²) in [5, 5.41) is 11.1. The lowest BCUT2D eigenvalue weighted by atomic mass is 10.1. The van der Waals surface area contributed by atoms with Crippen LogP contribution in [0.15, 0.2) is 41.3 Å². The van der Waals surface area contributed by atoms with Crippen molar-refractivity contribution in [1.82, 2.24) is 10.9 Å². The summed E-state index contributed by atoms with van der Waals surface area (Å²) in [6.45, 7) is 3.72. The van der Waals surface area contributed by atoms with Crippen molar-refractivity contribution in [3.63, 3.8) is 0 Å². The molecular weight excluding hydrogens is 342 g/mol. The van der Waals surface area contributed by atoms with Crippen LogP contribution in [0.5, 0.6) is 0 Å². The Labute approximate surface area is 148 Å². The topological polar surface area (TPSA) is 101 Å². The van der Waals surface area contributed by atoms with Gasteiger partial charge in [-0.1, -0.05) is 17.7 Å². The Hall–Kier alpha value is -2.87. The molecule has 2 rings (SSSR count). The normalized spacial score (nSPS) is 10.2. The Bertz CT molecular complexity index is 852. The predicted molar refractivity (Wildman–Crippen MR) is 95.7 cm³/mol. The number of rotatable bonds is 4. The lowest BCUT2D eigenvalue weighted by Crippen LogP contribution is -2.41. The van der Waals surface area contributed by atoms with Gasteiger partial charge in [-0.3, -0.25) is 30.6 Å². The van der Waals surface area contributed by atoms with Crippen LogP contribution in [-0.4, -0.2) is 23.0 Å². The Balaban J connectivity index is 2.11. The van der Waals surface area contributed by atoms with Gasteiger partial charge < -0.3 is 0 Å². The smallest absolute Gasteiger partial charge is 0.267 e. The molecular formula is C17H17N3O4S. The number of nitrogens with one attached hydrogen (secondary N) is 2. The summed E-state index contributed by atoms with van der Waals surface area (Å²) in [6, 6.07) is 9.49. The fourth-order valence-electron chi connectivity index (χ4n) is 2.30. The van der Waals surface area contributed by atoms with Gasteiger partial charge in [0.25, 0.3) is 17.5 Å². The van der Waals surface area contributed by atoms with Gasteiger partial charge in [-0.15, -0.1) is 11.8 Å². The molecule has 7 nitrogen and oxygen atoms in total. The first kappa shape index (κ1) is 18.5. The highest BCUT2D eigenvalue weighted by Crippen LogP contribution is 2.28. The maximum Gasteiger partial charge on any atom is 0.283 e. The van der Waals surface area contributed by atoms with Crippen molar-refractivity contribution in [3.05, 3.63) is 68.8 Å².